The first-order valence-corrected chi connectivity index (χ1v) is 11.0. The second-order valence-electron chi connectivity index (χ2n) is 7.59. The van der Waals surface area contributed by atoms with Gasteiger partial charge in [-0.3, -0.25) is 14.5 Å². The Bertz CT molecular complexity index is 836. The summed E-state index contributed by atoms with van der Waals surface area (Å²) < 4.78 is 0. The van der Waals surface area contributed by atoms with Crippen LogP contribution in [-0.4, -0.2) is 60.4 Å². The van der Waals surface area contributed by atoms with Crippen molar-refractivity contribution >= 4 is 28.8 Å². The fraction of sp³-hybridized carbons (Fsp3) is 0.455. The summed E-state index contributed by atoms with van der Waals surface area (Å²) in [6.45, 7) is 5.79. The molecule has 1 saturated heterocycles. The van der Waals surface area contributed by atoms with Gasteiger partial charge in [-0.25, -0.2) is 0 Å². The maximum Gasteiger partial charge on any atom is 0.254 e. The van der Waals surface area contributed by atoms with Crippen molar-refractivity contribution in [1.29, 1.82) is 0 Å². The highest BCUT2D eigenvalue weighted by Crippen LogP contribution is 2.28. The summed E-state index contributed by atoms with van der Waals surface area (Å²) in [4.78, 5) is 32.1. The standard InChI is InChI=1S/C22H27N3O2S/c1-17(21(26)25-12-4-7-18-6-2-3-8-20(18)25)23-10-5-11-24(14-13-23)22(27)19-9-15-28-16-19/h2-3,6,8-9,15-17H,4-5,7,10-14H2,1H3. The zero-order chi connectivity index (χ0) is 19.5. The molecule has 0 aliphatic carbocycles. The number of benzene rings is 1. The monoisotopic (exact) mass is 397 g/mol. The zero-order valence-electron chi connectivity index (χ0n) is 16.3. The molecular weight excluding hydrogens is 370 g/mol. The van der Waals surface area contributed by atoms with E-state index < -0.39 is 0 Å². The Balaban J connectivity index is 1.42. The number of para-hydroxylation sites is 1. The largest absolute Gasteiger partial charge is 0.337 e. The van der Waals surface area contributed by atoms with Gasteiger partial charge in [-0.05, 0) is 49.3 Å². The highest BCUT2D eigenvalue weighted by atomic mass is 32.1. The van der Waals surface area contributed by atoms with Crippen LogP contribution in [0.2, 0.25) is 0 Å². The number of rotatable bonds is 3. The van der Waals surface area contributed by atoms with E-state index in [-0.39, 0.29) is 17.9 Å². The zero-order valence-corrected chi connectivity index (χ0v) is 17.2. The number of aryl methyl sites for hydroxylation is 1. The Morgan fingerprint density at radius 1 is 1.00 bits per heavy atom. The third kappa shape index (κ3) is 3.84. The van der Waals surface area contributed by atoms with Crippen molar-refractivity contribution in [3.05, 3.63) is 52.2 Å². The summed E-state index contributed by atoms with van der Waals surface area (Å²) in [6, 6.07) is 9.94. The minimum atomic E-state index is -0.178. The average molecular weight is 398 g/mol. The number of hydrogen-bond acceptors (Lipinski definition) is 4. The maximum absolute atomic E-state index is 13.3. The van der Waals surface area contributed by atoms with Gasteiger partial charge < -0.3 is 9.80 Å². The lowest BCUT2D eigenvalue weighted by Crippen LogP contribution is -2.49. The molecule has 1 aromatic heterocycles. The Morgan fingerprint density at radius 2 is 1.86 bits per heavy atom. The van der Waals surface area contributed by atoms with Crippen LogP contribution in [0.15, 0.2) is 41.1 Å². The van der Waals surface area contributed by atoms with Crippen molar-refractivity contribution in [1.82, 2.24) is 9.80 Å². The van der Waals surface area contributed by atoms with Crippen molar-refractivity contribution in [3.8, 4) is 0 Å². The molecule has 2 aliphatic heterocycles. The Morgan fingerprint density at radius 3 is 2.68 bits per heavy atom. The lowest BCUT2D eigenvalue weighted by atomic mass is 10.0. The van der Waals surface area contributed by atoms with Gasteiger partial charge in [0.2, 0.25) is 5.91 Å². The molecule has 1 fully saturated rings. The molecule has 2 amide bonds. The minimum absolute atomic E-state index is 0.104. The number of nitrogens with zero attached hydrogens (tertiary/aromatic N) is 3. The smallest absolute Gasteiger partial charge is 0.254 e. The molecule has 0 N–H and O–H groups in total. The average Bonchev–Trinajstić information content (AvgIpc) is 3.16. The van der Waals surface area contributed by atoms with Gasteiger partial charge in [-0.2, -0.15) is 11.3 Å². The summed E-state index contributed by atoms with van der Waals surface area (Å²) in [5, 5.41) is 3.85. The summed E-state index contributed by atoms with van der Waals surface area (Å²) in [7, 11) is 0. The van der Waals surface area contributed by atoms with Crippen molar-refractivity contribution in [2.45, 2.75) is 32.2 Å². The molecule has 3 heterocycles. The number of fused-ring (bicyclic) bond motifs is 1. The van der Waals surface area contributed by atoms with E-state index in [4.69, 9.17) is 0 Å². The van der Waals surface area contributed by atoms with E-state index in [9.17, 15) is 9.59 Å². The summed E-state index contributed by atoms with van der Waals surface area (Å²) in [5.74, 6) is 0.275. The van der Waals surface area contributed by atoms with Gasteiger partial charge in [0.25, 0.3) is 5.91 Å². The molecule has 2 aliphatic rings. The summed E-state index contributed by atoms with van der Waals surface area (Å²) >= 11 is 1.55. The van der Waals surface area contributed by atoms with E-state index in [0.29, 0.717) is 6.54 Å². The van der Waals surface area contributed by atoms with Gasteiger partial charge in [0.1, 0.15) is 0 Å². The SMILES string of the molecule is CC(C(=O)N1CCCc2ccccc21)N1CCCN(C(=O)c2ccsc2)CC1. The Kier molecular flexibility index (Phi) is 5.78. The number of amides is 2. The van der Waals surface area contributed by atoms with Gasteiger partial charge in [0.15, 0.2) is 0 Å². The highest BCUT2D eigenvalue weighted by molar-refractivity contribution is 7.08. The van der Waals surface area contributed by atoms with Gasteiger partial charge in [-0.15, -0.1) is 0 Å². The molecule has 1 atom stereocenters. The van der Waals surface area contributed by atoms with Crippen LogP contribution in [0.4, 0.5) is 5.69 Å². The number of anilines is 1. The van der Waals surface area contributed by atoms with E-state index in [2.05, 4.69) is 17.0 Å². The van der Waals surface area contributed by atoms with Gasteiger partial charge >= 0.3 is 0 Å². The lowest BCUT2D eigenvalue weighted by Gasteiger charge is -2.35. The molecule has 0 saturated carbocycles. The molecule has 0 radical (unpaired) electrons. The van der Waals surface area contributed by atoms with Crippen LogP contribution in [0, 0.1) is 0 Å². The predicted molar refractivity (Wildman–Crippen MR) is 113 cm³/mol. The number of carbonyl (C=O) groups is 2. The number of hydrogen-bond donors (Lipinski definition) is 0. The minimum Gasteiger partial charge on any atom is -0.337 e. The molecule has 1 unspecified atom stereocenters. The lowest BCUT2D eigenvalue weighted by molar-refractivity contribution is -0.123. The Hall–Kier alpha value is -2.18. The Labute approximate surface area is 170 Å². The van der Waals surface area contributed by atoms with Crippen LogP contribution in [0.5, 0.6) is 0 Å². The van der Waals surface area contributed by atoms with Crippen LogP contribution in [0.1, 0.15) is 35.7 Å². The number of carbonyl (C=O) groups excluding carboxylic acids is 2. The first-order valence-electron chi connectivity index (χ1n) is 10.1. The van der Waals surface area contributed by atoms with Crippen LogP contribution >= 0.6 is 11.3 Å². The molecule has 4 rings (SSSR count). The third-order valence-electron chi connectivity index (χ3n) is 5.87. The molecule has 0 spiro atoms. The second-order valence-corrected chi connectivity index (χ2v) is 8.37. The van der Waals surface area contributed by atoms with Gasteiger partial charge in [-0.1, -0.05) is 18.2 Å². The van der Waals surface area contributed by atoms with Crippen LogP contribution in [0.3, 0.4) is 0 Å². The van der Waals surface area contributed by atoms with E-state index in [1.54, 1.807) is 11.3 Å². The predicted octanol–water partition coefficient (Wildman–Crippen LogP) is 3.26. The maximum atomic E-state index is 13.3. The summed E-state index contributed by atoms with van der Waals surface area (Å²) in [5.41, 5.74) is 3.10. The first kappa shape index (κ1) is 19.2. The van der Waals surface area contributed by atoms with Crippen molar-refractivity contribution < 1.29 is 9.59 Å². The van der Waals surface area contributed by atoms with E-state index in [1.165, 1.54) is 5.56 Å². The third-order valence-corrected chi connectivity index (χ3v) is 6.55. The number of thiophene rings is 1. The molecule has 148 valence electrons. The van der Waals surface area contributed by atoms with Crippen LogP contribution in [0.25, 0.3) is 0 Å². The van der Waals surface area contributed by atoms with Crippen molar-refractivity contribution in [3.63, 3.8) is 0 Å². The molecule has 28 heavy (non-hydrogen) atoms. The first-order chi connectivity index (χ1) is 13.6. The van der Waals surface area contributed by atoms with E-state index >= 15 is 0 Å². The van der Waals surface area contributed by atoms with Crippen LogP contribution < -0.4 is 4.90 Å². The highest BCUT2D eigenvalue weighted by Gasteiger charge is 2.31. The quantitative estimate of drug-likeness (QED) is 0.799. The molecule has 6 heteroatoms. The van der Waals surface area contributed by atoms with Gasteiger partial charge in [0, 0.05) is 43.8 Å². The molecule has 1 aromatic carbocycles. The van der Waals surface area contributed by atoms with Crippen molar-refractivity contribution in [2.24, 2.45) is 0 Å². The molecule has 5 nitrogen and oxygen atoms in total. The van der Waals surface area contributed by atoms with E-state index in [0.717, 1.165) is 56.7 Å². The fourth-order valence-corrected chi connectivity index (χ4v) is 4.87. The fourth-order valence-electron chi connectivity index (χ4n) is 4.24. The molecule has 2 aromatic rings. The molecule has 0 bridgehead atoms. The van der Waals surface area contributed by atoms with E-state index in [1.807, 2.05) is 45.7 Å². The summed E-state index contributed by atoms with van der Waals surface area (Å²) in [6.07, 6.45) is 2.94. The van der Waals surface area contributed by atoms with Crippen LogP contribution in [-0.2, 0) is 11.2 Å². The van der Waals surface area contributed by atoms with Crippen molar-refractivity contribution in [2.75, 3.05) is 37.6 Å². The molecular formula is C22H27N3O2S. The topological polar surface area (TPSA) is 43.9 Å². The van der Waals surface area contributed by atoms with Gasteiger partial charge in [0.05, 0.1) is 11.6 Å². The second kappa shape index (κ2) is 8.45. The normalized spacial score (nSPS) is 19.0.